The number of hydrogen-bond acceptors (Lipinski definition) is 8. The Morgan fingerprint density at radius 3 is 2.48 bits per heavy atom. The zero-order valence-corrected chi connectivity index (χ0v) is 26.4. The second-order valence-corrected chi connectivity index (χ2v) is 12.0. The third kappa shape index (κ3) is 5.77. The highest BCUT2D eigenvalue weighted by Gasteiger charge is 2.24. The van der Waals surface area contributed by atoms with Gasteiger partial charge in [-0.25, -0.2) is 19.1 Å². The summed E-state index contributed by atoms with van der Waals surface area (Å²) in [7, 11) is 3.53. The quantitative estimate of drug-likeness (QED) is 0.248. The van der Waals surface area contributed by atoms with Crippen LogP contribution in [-0.2, 0) is 12.0 Å². The minimum Gasteiger partial charge on any atom is -0.391 e. The van der Waals surface area contributed by atoms with Crippen LogP contribution in [0.5, 0.6) is 0 Å². The van der Waals surface area contributed by atoms with Gasteiger partial charge >= 0.3 is 0 Å². The second-order valence-electron chi connectivity index (χ2n) is 12.0. The minimum absolute atomic E-state index is 0.0418. The molecule has 3 N–H and O–H groups in total. The van der Waals surface area contributed by atoms with Gasteiger partial charge in [0.15, 0.2) is 5.82 Å². The normalized spacial score (nSPS) is 11.8. The molecule has 0 aliphatic heterocycles. The van der Waals surface area contributed by atoms with Crippen molar-refractivity contribution in [3.63, 3.8) is 0 Å². The second kappa shape index (κ2) is 12.3. The van der Waals surface area contributed by atoms with Crippen LogP contribution in [0.25, 0.3) is 33.5 Å². The first-order valence-electron chi connectivity index (χ1n) is 14.6. The lowest BCUT2D eigenvalue weighted by Crippen LogP contribution is -2.41. The highest BCUT2D eigenvalue weighted by molar-refractivity contribution is 6.00. The van der Waals surface area contributed by atoms with Crippen molar-refractivity contribution in [1.29, 1.82) is 0 Å². The number of aliphatic hydroxyl groups excluding tert-OH is 1. The fourth-order valence-corrected chi connectivity index (χ4v) is 5.29. The van der Waals surface area contributed by atoms with Gasteiger partial charge < -0.3 is 10.8 Å². The summed E-state index contributed by atoms with van der Waals surface area (Å²) in [6, 6.07) is 11.3. The maximum Gasteiger partial charge on any atom is 0.283 e. The average Bonchev–Trinajstić information content (AvgIpc) is 3.46. The van der Waals surface area contributed by atoms with Crippen molar-refractivity contribution in [2.45, 2.75) is 39.7 Å². The van der Waals surface area contributed by atoms with Crippen LogP contribution < -0.4 is 11.3 Å². The standard InChI is InChI=1S/C33H35FN8O4/c1-7-41(39(5)6)31(45)20-10-8-9-19(13-20)28-23(29(35)44)17-40(38-28)26-11-12-36-30(24(26)18-43)42-32(46)27-21(16-37-42)14-22(15-25(27)34)33(2,3)4/h8-17,43H,7,18H2,1-6H3,(H2,35,44). The first-order chi connectivity index (χ1) is 21.8. The number of fused-ring (bicyclic) bond motifs is 1. The number of carbonyl (C=O) groups excluding carboxylic acids is 2. The summed E-state index contributed by atoms with van der Waals surface area (Å²) in [6.45, 7) is 7.53. The Hall–Kier alpha value is -5.27. The predicted octanol–water partition coefficient (Wildman–Crippen LogP) is 3.60. The lowest BCUT2D eigenvalue weighted by atomic mass is 9.86. The van der Waals surface area contributed by atoms with E-state index in [9.17, 15) is 19.5 Å². The van der Waals surface area contributed by atoms with Crippen LogP contribution in [0, 0.1) is 5.82 Å². The molecule has 46 heavy (non-hydrogen) atoms. The average molecular weight is 627 g/mol. The van der Waals surface area contributed by atoms with Gasteiger partial charge in [-0.05, 0) is 48.2 Å². The van der Waals surface area contributed by atoms with Gasteiger partial charge in [0, 0.05) is 55.1 Å². The van der Waals surface area contributed by atoms with Crippen LogP contribution >= 0.6 is 0 Å². The van der Waals surface area contributed by atoms with Crippen molar-refractivity contribution in [3.8, 4) is 22.8 Å². The van der Waals surface area contributed by atoms with E-state index in [1.807, 2.05) is 27.7 Å². The number of aliphatic hydroxyl groups is 1. The van der Waals surface area contributed by atoms with E-state index < -0.39 is 23.9 Å². The van der Waals surface area contributed by atoms with Gasteiger partial charge in [0.1, 0.15) is 11.5 Å². The zero-order chi connectivity index (χ0) is 33.5. The lowest BCUT2D eigenvalue weighted by Gasteiger charge is -2.27. The van der Waals surface area contributed by atoms with Crippen molar-refractivity contribution in [3.05, 3.63) is 99.5 Å². The maximum atomic E-state index is 15.3. The molecule has 12 nitrogen and oxygen atoms in total. The summed E-state index contributed by atoms with van der Waals surface area (Å²) < 4.78 is 17.6. The predicted molar refractivity (Wildman–Crippen MR) is 171 cm³/mol. The molecule has 0 radical (unpaired) electrons. The molecule has 0 spiro atoms. The number of primary amides is 1. The molecule has 2 amide bonds. The monoisotopic (exact) mass is 626 g/mol. The molecule has 0 unspecified atom stereocenters. The summed E-state index contributed by atoms with van der Waals surface area (Å²) in [5.74, 6) is -1.74. The summed E-state index contributed by atoms with van der Waals surface area (Å²) >= 11 is 0. The Kier molecular flexibility index (Phi) is 8.56. The van der Waals surface area contributed by atoms with Gasteiger partial charge in [0.25, 0.3) is 17.4 Å². The Morgan fingerprint density at radius 2 is 1.85 bits per heavy atom. The molecule has 13 heteroatoms. The summed E-state index contributed by atoms with van der Waals surface area (Å²) in [5.41, 5.74) is 6.86. The third-order valence-corrected chi connectivity index (χ3v) is 7.70. The van der Waals surface area contributed by atoms with E-state index >= 15 is 4.39 Å². The van der Waals surface area contributed by atoms with Gasteiger partial charge in [0.05, 0.1) is 29.4 Å². The van der Waals surface area contributed by atoms with Crippen LogP contribution in [0.2, 0.25) is 0 Å². The summed E-state index contributed by atoms with van der Waals surface area (Å²) in [4.78, 5) is 43.6. The van der Waals surface area contributed by atoms with E-state index in [1.54, 1.807) is 54.4 Å². The molecule has 5 aromatic rings. The lowest BCUT2D eigenvalue weighted by molar-refractivity contribution is 0.0230. The first-order valence-corrected chi connectivity index (χ1v) is 14.6. The molecular weight excluding hydrogens is 591 g/mol. The number of amides is 2. The van der Waals surface area contributed by atoms with E-state index in [0.29, 0.717) is 28.6 Å². The smallest absolute Gasteiger partial charge is 0.283 e. The van der Waals surface area contributed by atoms with Crippen molar-refractivity contribution in [2.75, 3.05) is 20.6 Å². The van der Waals surface area contributed by atoms with E-state index in [1.165, 1.54) is 35.4 Å². The number of carbonyl (C=O) groups is 2. The minimum atomic E-state index is -0.765. The molecule has 0 fully saturated rings. The third-order valence-electron chi connectivity index (χ3n) is 7.70. The van der Waals surface area contributed by atoms with Gasteiger partial charge in [-0.3, -0.25) is 19.4 Å². The number of hydrazine groups is 1. The molecule has 0 aliphatic rings. The molecule has 3 aromatic heterocycles. The Bertz CT molecular complexity index is 2040. The number of nitrogens with two attached hydrogens (primary N) is 1. The van der Waals surface area contributed by atoms with E-state index in [2.05, 4.69) is 15.2 Å². The first kappa shape index (κ1) is 32.1. The van der Waals surface area contributed by atoms with Crippen LogP contribution in [-0.4, -0.2) is 72.1 Å². The highest BCUT2D eigenvalue weighted by Crippen LogP contribution is 2.29. The largest absolute Gasteiger partial charge is 0.391 e. The zero-order valence-electron chi connectivity index (χ0n) is 26.4. The molecular formula is C33H35FN8O4. The number of pyridine rings is 1. The summed E-state index contributed by atoms with van der Waals surface area (Å²) in [5, 5.41) is 22.8. The number of rotatable bonds is 8. The number of hydrogen-bond donors (Lipinski definition) is 2. The Morgan fingerprint density at radius 1 is 1.11 bits per heavy atom. The molecule has 0 bridgehead atoms. The van der Waals surface area contributed by atoms with Gasteiger partial charge in [-0.1, -0.05) is 32.9 Å². The fraction of sp³-hybridized carbons (Fsp3) is 0.273. The summed E-state index contributed by atoms with van der Waals surface area (Å²) in [6.07, 6.45) is 4.16. The van der Waals surface area contributed by atoms with Crippen LogP contribution in [0.15, 0.2) is 65.8 Å². The van der Waals surface area contributed by atoms with E-state index in [4.69, 9.17) is 5.73 Å². The molecule has 238 valence electrons. The Balaban J connectivity index is 1.64. The number of halogens is 1. The van der Waals surface area contributed by atoms with Crippen LogP contribution in [0.4, 0.5) is 4.39 Å². The van der Waals surface area contributed by atoms with Gasteiger partial charge in [-0.2, -0.15) is 14.9 Å². The van der Waals surface area contributed by atoms with E-state index in [0.717, 1.165) is 4.68 Å². The van der Waals surface area contributed by atoms with Crippen molar-refractivity contribution in [2.24, 2.45) is 5.73 Å². The fourth-order valence-electron chi connectivity index (χ4n) is 5.29. The van der Waals surface area contributed by atoms with Gasteiger partial charge in [-0.15, -0.1) is 0 Å². The highest BCUT2D eigenvalue weighted by atomic mass is 19.1. The topological polar surface area (TPSA) is 152 Å². The molecule has 2 aromatic carbocycles. The number of aromatic nitrogens is 5. The van der Waals surface area contributed by atoms with Crippen LogP contribution in [0.3, 0.4) is 0 Å². The molecule has 0 saturated carbocycles. The molecule has 3 heterocycles. The number of benzene rings is 2. The molecule has 0 atom stereocenters. The Labute approximate surface area is 264 Å². The van der Waals surface area contributed by atoms with Crippen molar-refractivity contribution < 1.29 is 19.1 Å². The SMILES string of the molecule is CCN(C(=O)c1cccc(-c2nn(-c3ccnc(-n4ncc5cc(C(C)(C)C)cc(F)c5c4=O)c3CO)cc2C(N)=O)c1)N(C)C. The number of nitrogens with zero attached hydrogens (tertiary/aromatic N) is 7. The molecule has 0 aliphatic carbocycles. The van der Waals surface area contributed by atoms with Gasteiger partial charge in [0.2, 0.25) is 0 Å². The van der Waals surface area contributed by atoms with Crippen molar-refractivity contribution >= 4 is 22.6 Å². The van der Waals surface area contributed by atoms with E-state index in [-0.39, 0.29) is 45.0 Å². The molecule has 0 saturated heterocycles. The van der Waals surface area contributed by atoms with Crippen LogP contribution in [0.1, 0.15) is 59.5 Å². The maximum absolute atomic E-state index is 15.3. The molecule has 5 rings (SSSR count). The van der Waals surface area contributed by atoms with Crippen molar-refractivity contribution in [1.82, 2.24) is 34.6 Å².